The molecule has 0 aromatic heterocycles. The van der Waals surface area contributed by atoms with E-state index in [4.69, 9.17) is 0 Å². The Labute approximate surface area is 173 Å². The maximum absolute atomic E-state index is 12.6. The summed E-state index contributed by atoms with van der Waals surface area (Å²) in [6.07, 6.45) is 8.08. The van der Waals surface area contributed by atoms with Gasteiger partial charge in [0.15, 0.2) is 5.78 Å². The third-order valence-corrected chi connectivity index (χ3v) is 8.83. The molecule has 3 fully saturated rings. The number of hydrogen-bond donors (Lipinski definition) is 0. The Kier molecular flexibility index (Phi) is 4.70. The monoisotopic (exact) mass is 393 g/mol. The van der Waals surface area contributed by atoms with Crippen LogP contribution in [0.4, 0.5) is 5.69 Å². The Morgan fingerprint density at radius 2 is 1.82 bits per heavy atom. The first kappa shape index (κ1) is 18.5. The zero-order valence-corrected chi connectivity index (χ0v) is 17.9. The van der Waals surface area contributed by atoms with Crippen molar-refractivity contribution in [3.63, 3.8) is 0 Å². The minimum atomic E-state index is 0.280. The van der Waals surface area contributed by atoms with Crippen molar-refractivity contribution < 1.29 is 4.79 Å². The molecule has 0 spiro atoms. The van der Waals surface area contributed by atoms with Crippen molar-refractivity contribution in [3.05, 3.63) is 42.0 Å². The van der Waals surface area contributed by atoms with Crippen LogP contribution in [0.5, 0.6) is 0 Å². The van der Waals surface area contributed by atoms with Crippen LogP contribution in [-0.4, -0.2) is 31.4 Å². The van der Waals surface area contributed by atoms with Crippen LogP contribution in [0.25, 0.3) is 10.8 Å². The fourth-order valence-electron chi connectivity index (χ4n) is 6.36. The minimum Gasteiger partial charge on any atom is -0.378 e. The van der Waals surface area contributed by atoms with Gasteiger partial charge in [-0.2, -0.15) is 11.8 Å². The van der Waals surface area contributed by atoms with Crippen LogP contribution in [0, 0.1) is 23.2 Å². The van der Waals surface area contributed by atoms with Gasteiger partial charge in [-0.25, -0.2) is 0 Å². The van der Waals surface area contributed by atoms with Crippen molar-refractivity contribution in [1.29, 1.82) is 0 Å². The number of nitrogens with zero attached hydrogens (tertiary/aromatic N) is 1. The lowest BCUT2D eigenvalue weighted by Gasteiger charge is -2.76. The molecule has 0 N–H and O–H groups in total. The molecule has 0 heterocycles. The van der Waals surface area contributed by atoms with Gasteiger partial charge in [0.05, 0.1) is 0 Å². The standard InChI is InChI=1S/C25H31NOS/c1-26(2)22-7-6-17-12-19(5-4-18(17)14-22)23(27)8-11-28-10-3-9-25-15-20-13-21(16-25)24(20)25/h4-7,12,14,20-21,24H,3,8-11,13,15-16H2,1-2H3. The molecule has 0 bridgehead atoms. The highest BCUT2D eigenvalue weighted by Crippen LogP contribution is 2.78. The smallest absolute Gasteiger partial charge is 0.163 e. The van der Waals surface area contributed by atoms with Crippen molar-refractivity contribution in [2.75, 3.05) is 30.5 Å². The Hall–Kier alpha value is -1.48. The zero-order chi connectivity index (χ0) is 19.3. The summed E-state index contributed by atoms with van der Waals surface area (Å²) in [5.41, 5.74) is 2.84. The Morgan fingerprint density at radius 1 is 1.07 bits per heavy atom. The van der Waals surface area contributed by atoms with Gasteiger partial charge in [-0.15, -0.1) is 0 Å². The highest BCUT2D eigenvalue weighted by Gasteiger charge is 2.70. The first-order valence-electron chi connectivity index (χ1n) is 10.9. The molecule has 2 nitrogen and oxygen atoms in total. The molecule has 0 saturated heterocycles. The molecule has 0 radical (unpaired) electrons. The minimum absolute atomic E-state index is 0.280. The third kappa shape index (κ3) is 3.07. The molecule has 2 aromatic rings. The molecule has 3 aliphatic rings. The second kappa shape index (κ2) is 7.09. The van der Waals surface area contributed by atoms with Gasteiger partial charge in [0.2, 0.25) is 0 Å². The maximum Gasteiger partial charge on any atom is 0.163 e. The molecule has 3 aliphatic carbocycles. The van der Waals surface area contributed by atoms with Crippen LogP contribution in [0.2, 0.25) is 0 Å². The van der Waals surface area contributed by atoms with Crippen LogP contribution >= 0.6 is 11.8 Å². The van der Waals surface area contributed by atoms with Gasteiger partial charge in [0, 0.05) is 37.5 Å². The van der Waals surface area contributed by atoms with E-state index >= 15 is 0 Å². The lowest BCUT2D eigenvalue weighted by Crippen LogP contribution is -2.68. The van der Waals surface area contributed by atoms with Crippen LogP contribution in [0.15, 0.2) is 36.4 Å². The zero-order valence-electron chi connectivity index (χ0n) is 17.1. The van der Waals surface area contributed by atoms with Gasteiger partial charge in [-0.05, 0) is 90.0 Å². The van der Waals surface area contributed by atoms with Gasteiger partial charge in [0.1, 0.15) is 0 Å². The van der Waals surface area contributed by atoms with E-state index in [1.54, 1.807) is 6.42 Å². The van der Waals surface area contributed by atoms with Gasteiger partial charge < -0.3 is 4.90 Å². The number of ketones is 1. The van der Waals surface area contributed by atoms with Gasteiger partial charge in [-0.1, -0.05) is 18.2 Å². The molecule has 28 heavy (non-hydrogen) atoms. The summed E-state index contributed by atoms with van der Waals surface area (Å²) >= 11 is 1.97. The van der Waals surface area contributed by atoms with Crippen LogP contribution in [0.1, 0.15) is 48.9 Å². The molecule has 3 heteroatoms. The number of anilines is 1. The first-order chi connectivity index (χ1) is 13.6. The second-order valence-electron chi connectivity index (χ2n) is 9.58. The highest BCUT2D eigenvalue weighted by molar-refractivity contribution is 7.99. The highest BCUT2D eigenvalue weighted by atomic mass is 32.2. The number of benzene rings is 2. The molecule has 5 rings (SSSR count). The van der Waals surface area contributed by atoms with E-state index in [-0.39, 0.29) is 5.78 Å². The number of Topliss-reactive ketones (excluding diaryl/α,β-unsaturated/α-hetero) is 1. The predicted octanol–water partition coefficient (Wildman–Crippen LogP) is 6.04. The van der Waals surface area contributed by atoms with Crippen molar-refractivity contribution in [2.24, 2.45) is 23.2 Å². The Balaban J connectivity index is 1.06. The summed E-state index contributed by atoms with van der Waals surface area (Å²) in [6.45, 7) is 0. The average Bonchev–Trinajstić information content (AvgIpc) is 2.69. The summed E-state index contributed by atoms with van der Waals surface area (Å²) in [6, 6.07) is 12.5. The lowest BCUT2D eigenvalue weighted by atomic mass is 9.28. The summed E-state index contributed by atoms with van der Waals surface area (Å²) in [5.74, 6) is 5.85. The lowest BCUT2D eigenvalue weighted by molar-refractivity contribution is -0.273. The van der Waals surface area contributed by atoms with Crippen LogP contribution < -0.4 is 4.90 Å². The van der Waals surface area contributed by atoms with Gasteiger partial charge in [-0.3, -0.25) is 4.79 Å². The fourth-order valence-corrected chi connectivity index (χ4v) is 7.25. The van der Waals surface area contributed by atoms with Crippen molar-refractivity contribution in [3.8, 4) is 0 Å². The van der Waals surface area contributed by atoms with E-state index in [0.717, 1.165) is 39.9 Å². The quantitative estimate of drug-likeness (QED) is 0.383. The number of fused-ring (bicyclic) bond motifs is 1. The van der Waals surface area contributed by atoms with Crippen molar-refractivity contribution in [1.82, 2.24) is 0 Å². The number of carbonyl (C=O) groups is 1. The first-order valence-corrected chi connectivity index (χ1v) is 12.0. The van der Waals surface area contributed by atoms with E-state index in [9.17, 15) is 4.79 Å². The summed E-state index contributed by atoms with van der Waals surface area (Å²) in [4.78, 5) is 14.7. The van der Waals surface area contributed by atoms with Crippen LogP contribution in [0.3, 0.4) is 0 Å². The normalized spacial score (nSPS) is 29.4. The van der Waals surface area contributed by atoms with Crippen LogP contribution in [-0.2, 0) is 0 Å². The van der Waals surface area contributed by atoms with Crippen molar-refractivity contribution in [2.45, 2.75) is 38.5 Å². The van der Waals surface area contributed by atoms with E-state index in [0.29, 0.717) is 6.42 Å². The summed E-state index contributed by atoms with van der Waals surface area (Å²) in [5, 5.41) is 2.34. The Morgan fingerprint density at radius 3 is 2.54 bits per heavy atom. The topological polar surface area (TPSA) is 20.3 Å². The molecule has 3 saturated carbocycles. The van der Waals surface area contributed by atoms with Gasteiger partial charge in [0.25, 0.3) is 0 Å². The molecule has 0 amide bonds. The molecular formula is C25H31NOS. The van der Waals surface area contributed by atoms with E-state index in [1.807, 2.05) is 17.8 Å². The van der Waals surface area contributed by atoms with E-state index in [2.05, 4.69) is 49.3 Å². The molecular weight excluding hydrogens is 362 g/mol. The molecule has 148 valence electrons. The average molecular weight is 394 g/mol. The number of hydrogen-bond acceptors (Lipinski definition) is 3. The Bertz CT molecular complexity index is 893. The van der Waals surface area contributed by atoms with E-state index in [1.165, 1.54) is 42.5 Å². The SMILES string of the molecule is CN(C)c1ccc2cc(C(=O)CCSCCCC34CC5CC(C3)C54)ccc2c1. The largest absolute Gasteiger partial charge is 0.378 e. The van der Waals surface area contributed by atoms with Gasteiger partial charge >= 0.3 is 0 Å². The second-order valence-corrected chi connectivity index (χ2v) is 10.8. The van der Waals surface area contributed by atoms with Crippen molar-refractivity contribution >= 4 is 34.0 Å². The summed E-state index contributed by atoms with van der Waals surface area (Å²) in [7, 11) is 4.10. The molecule has 0 aliphatic heterocycles. The molecule has 2 aromatic carbocycles. The third-order valence-electron chi connectivity index (χ3n) is 7.76. The predicted molar refractivity (Wildman–Crippen MR) is 121 cm³/mol. The fraction of sp³-hybridized carbons (Fsp3) is 0.560. The number of carbonyl (C=O) groups excluding carboxylic acids is 1. The summed E-state index contributed by atoms with van der Waals surface area (Å²) < 4.78 is 0. The molecule has 2 atom stereocenters. The number of rotatable bonds is 9. The molecule has 2 unspecified atom stereocenters. The number of thioether (sulfide) groups is 1. The maximum atomic E-state index is 12.6. The van der Waals surface area contributed by atoms with E-state index < -0.39 is 0 Å².